The minimum Gasteiger partial charge on any atom is -0.462 e. The molecule has 1 spiro atoms. The van der Waals surface area contributed by atoms with Crippen LogP contribution >= 0.6 is 0 Å². The van der Waals surface area contributed by atoms with Gasteiger partial charge in [-0.15, -0.1) is 0 Å². The minimum absolute atomic E-state index is 0.0336. The Labute approximate surface area is 236 Å². The molecule has 2 bridgehead atoms. The van der Waals surface area contributed by atoms with E-state index in [4.69, 9.17) is 23.7 Å². The third-order valence-electron chi connectivity index (χ3n) is 10.2. The third kappa shape index (κ3) is 4.91. The maximum Gasteiger partial charge on any atom is 0.316 e. The highest BCUT2D eigenvalue weighted by molar-refractivity contribution is 5.78. The number of aliphatic hydroxyl groups excluding tert-OH is 2. The van der Waals surface area contributed by atoms with Gasteiger partial charge in [-0.05, 0) is 50.7 Å². The molecule has 6 rings (SSSR count). The van der Waals surface area contributed by atoms with Crippen molar-refractivity contribution in [2.75, 3.05) is 13.2 Å². The highest BCUT2D eigenvalue weighted by atomic mass is 16.7. The zero-order valence-electron chi connectivity index (χ0n) is 24.0. The Balaban J connectivity index is 1.35. The molecule has 5 heterocycles. The summed E-state index contributed by atoms with van der Waals surface area (Å²) in [6, 6.07) is 0. The molecule has 0 unspecified atom stereocenters. The lowest BCUT2D eigenvalue weighted by molar-refractivity contribution is -0.336. The van der Waals surface area contributed by atoms with Crippen LogP contribution in [-0.2, 0) is 28.5 Å². The fraction of sp³-hybridized carbons (Fsp3) is 0.774. The normalized spacial score (nSPS) is 53.0. The third-order valence-corrected chi connectivity index (χ3v) is 10.2. The van der Waals surface area contributed by atoms with Gasteiger partial charge in [0.25, 0.3) is 0 Å². The molecule has 1 aliphatic carbocycles. The molecule has 6 aliphatic rings. The van der Waals surface area contributed by atoms with Gasteiger partial charge in [0.15, 0.2) is 5.79 Å². The highest BCUT2D eigenvalue weighted by Crippen LogP contribution is 2.50. The number of esters is 1. The molecule has 0 radical (unpaired) electrons. The average molecular weight is 561 g/mol. The van der Waals surface area contributed by atoms with Crippen LogP contribution in [0, 0.1) is 17.8 Å². The van der Waals surface area contributed by atoms with Crippen molar-refractivity contribution in [2.24, 2.45) is 17.8 Å². The van der Waals surface area contributed by atoms with E-state index in [-0.39, 0.29) is 49.0 Å². The van der Waals surface area contributed by atoms with E-state index in [2.05, 4.69) is 19.9 Å². The molecule has 0 aromatic heterocycles. The average Bonchev–Trinajstić information content (AvgIpc) is 3.36. The number of fused-ring (bicyclic) bond motifs is 3. The van der Waals surface area contributed by atoms with Gasteiger partial charge < -0.3 is 39.0 Å². The van der Waals surface area contributed by atoms with E-state index in [9.17, 15) is 20.1 Å². The van der Waals surface area contributed by atoms with Crippen LogP contribution in [0.25, 0.3) is 0 Å². The molecule has 0 saturated carbocycles. The lowest BCUT2D eigenvalue weighted by atomic mass is 9.71. The summed E-state index contributed by atoms with van der Waals surface area (Å²) in [5.41, 5.74) is -0.867. The summed E-state index contributed by atoms with van der Waals surface area (Å²) < 4.78 is 31.4. The zero-order chi connectivity index (χ0) is 28.4. The molecule has 3 N–H and O–H groups in total. The molecule has 40 heavy (non-hydrogen) atoms. The number of epoxide rings is 1. The summed E-state index contributed by atoms with van der Waals surface area (Å²) in [7, 11) is 0. The smallest absolute Gasteiger partial charge is 0.316 e. The Morgan fingerprint density at radius 2 is 1.90 bits per heavy atom. The number of aliphatic hydroxyl groups is 3. The summed E-state index contributed by atoms with van der Waals surface area (Å²) in [5, 5.41) is 32.7. The molecule has 12 atom stereocenters. The first-order chi connectivity index (χ1) is 19.0. The van der Waals surface area contributed by atoms with Gasteiger partial charge >= 0.3 is 5.97 Å². The first kappa shape index (κ1) is 28.5. The molecule has 0 aromatic carbocycles. The van der Waals surface area contributed by atoms with Gasteiger partial charge in [-0.25, -0.2) is 0 Å². The van der Waals surface area contributed by atoms with Crippen LogP contribution in [0.1, 0.15) is 66.2 Å². The van der Waals surface area contributed by atoms with Gasteiger partial charge in [0.05, 0.1) is 30.5 Å². The minimum atomic E-state index is -1.72. The van der Waals surface area contributed by atoms with Crippen LogP contribution in [0.15, 0.2) is 35.5 Å². The second-order valence-corrected chi connectivity index (χ2v) is 13.3. The van der Waals surface area contributed by atoms with Crippen molar-refractivity contribution in [3.05, 3.63) is 35.5 Å². The molecule has 0 amide bonds. The van der Waals surface area contributed by atoms with Crippen molar-refractivity contribution in [2.45, 2.75) is 120 Å². The lowest BCUT2D eigenvalue weighted by Crippen LogP contribution is -2.58. The molecule has 4 fully saturated rings. The molecular formula is C31H44O9. The van der Waals surface area contributed by atoms with E-state index < -0.39 is 41.6 Å². The number of carbonyl (C=O) groups excluding carboxylic acids is 1. The number of allylic oxidation sites excluding steroid dienone is 3. The zero-order valence-corrected chi connectivity index (χ0v) is 24.0. The molecular weight excluding hydrogens is 516 g/mol. The van der Waals surface area contributed by atoms with E-state index >= 15 is 0 Å². The predicted molar refractivity (Wildman–Crippen MR) is 144 cm³/mol. The Bertz CT molecular complexity index is 1100. The van der Waals surface area contributed by atoms with E-state index in [0.29, 0.717) is 36.8 Å². The maximum absolute atomic E-state index is 13.9. The SMILES string of the molecule is CC1=C[C@H]2C(=O)O[C@H]3C[C@@H](C[C@@H]4O[C@@]4(C)C[C@@H](C)/C=C/C=C4\CO[C@H]([C@@H]1O)[C@@]42O)O[C@@]1(CC[C@H](CO)[C@@H](C)O1)C3. The fourth-order valence-corrected chi connectivity index (χ4v) is 7.75. The lowest BCUT2D eigenvalue weighted by Gasteiger charge is -2.49. The van der Waals surface area contributed by atoms with Gasteiger partial charge in [0.2, 0.25) is 0 Å². The second-order valence-electron chi connectivity index (χ2n) is 13.3. The van der Waals surface area contributed by atoms with Crippen molar-refractivity contribution >= 4 is 5.97 Å². The molecule has 4 saturated heterocycles. The summed E-state index contributed by atoms with van der Waals surface area (Å²) in [5.74, 6) is -2.24. The largest absolute Gasteiger partial charge is 0.462 e. The summed E-state index contributed by atoms with van der Waals surface area (Å²) in [6.07, 6.45) is 8.28. The van der Waals surface area contributed by atoms with Gasteiger partial charge in [-0.1, -0.05) is 31.2 Å². The Kier molecular flexibility index (Phi) is 7.34. The van der Waals surface area contributed by atoms with Gasteiger partial charge in [0, 0.05) is 38.2 Å². The molecule has 5 aliphatic heterocycles. The monoisotopic (exact) mass is 560 g/mol. The van der Waals surface area contributed by atoms with E-state index in [1.54, 1.807) is 13.0 Å². The van der Waals surface area contributed by atoms with E-state index in [1.807, 2.05) is 19.1 Å². The maximum atomic E-state index is 13.9. The Morgan fingerprint density at radius 1 is 1.10 bits per heavy atom. The quantitative estimate of drug-likeness (QED) is 0.252. The van der Waals surface area contributed by atoms with Crippen molar-refractivity contribution in [1.29, 1.82) is 0 Å². The fourth-order valence-electron chi connectivity index (χ4n) is 7.75. The van der Waals surface area contributed by atoms with Crippen molar-refractivity contribution in [1.82, 2.24) is 0 Å². The van der Waals surface area contributed by atoms with Crippen LogP contribution in [0.3, 0.4) is 0 Å². The summed E-state index contributed by atoms with van der Waals surface area (Å²) in [6.45, 7) is 8.13. The van der Waals surface area contributed by atoms with E-state index in [0.717, 1.165) is 12.8 Å². The number of carbonyl (C=O) groups is 1. The number of hydrogen-bond acceptors (Lipinski definition) is 9. The van der Waals surface area contributed by atoms with Gasteiger partial charge in [-0.3, -0.25) is 4.79 Å². The molecule has 0 aromatic rings. The molecule has 9 heteroatoms. The van der Waals surface area contributed by atoms with Crippen LogP contribution in [0.2, 0.25) is 0 Å². The van der Waals surface area contributed by atoms with Crippen LogP contribution in [0.4, 0.5) is 0 Å². The standard InChI is InChI=1S/C31H44O9/c1-17-6-5-7-21-16-36-27-26(33)18(2)10-24(31(21,27)35)28(34)37-23-11-22(12-25-29(4,13-17)40-25)39-30(14-23)9-8-20(15-32)19(3)38-30/h5-7,10,17,19-20,22-27,32-33,35H,8-9,11-16H2,1-4H3/b6-5+,21-7+/t17-,19+,20+,22-,23-,24-,25-,26+,27+,29-,30-,31+/m0/s1. The van der Waals surface area contributed by atoms with Crippen molar-refractivity contribution in [3.63, 3.8) is 0 Å². The van der Waals surface area contributed by atoms with Crippen molar-refractivity contribution < 1.29 is 43.8 Å². The van der Waals surface area contributed by atoms with E-state index in [1.165, 1.54) is 0 Å². The second kappa shape index (κ2) is 10.3. The number of rotatable bonds is 1. The Morgan fingerprint density at radius 3 is 2.65 bits per heavy atom. The summed E-state index contributed by atoms with van der Waals surface area (Å²) in [4.78, 5) is 13.9. The van der Waals surface area contributed by atoms with Crippen molar-refractivity contribution in [3.8, 4) is 0 Å². The first-order valence-electron chi connectivity index (χ1n) is 14.9. The number of ether oxygens (including phenoxy) is 5. The van der Waals surface area contributed by atoms with Gasteiger partial charge in [0.1, 0.15) is 29.8 Å². The van der Waals surface area contributed by atoms with Crippen LogP contribution in [0.5, 0.6) is 0 Å². The molecule has 222 valence electrons. The molecule has 9 nitrogen and oxygen atoms in total. The Hall–Kier alpha value is -1.59. The first-order valence-corrected chi connectivity index (χ1v) is 14.9. The number of hydrogen-bond donors (Lipinski definition) is 3. The topological polar surface area (TPSA) is 127 Å². The van der Waals surface area contributed by atoms with Crippen LogP contribution < -0.4 is 0 Å². The van der Waals surface area contributed by atoms with Gasteiger partial charge in [-0.2, -0.15) is 0 Å². The highest BCUT2D eigenvalue weighted by Gasteiger charge is 2.60. The summed E-state index contributed by atoms with van der Waals surface area (Å²) >= 11 is 0. The van der Waals surface area contributed by atoms with Crippen LogP contribution in [-0.4, -0.2) is 88.1 Å². The predicted octanol–water partition coefficient (Wildman–Crippen LogP) is 2.72.